The number of quaternary nitrogens is 1. The summed E-state index contributed by atoms with van der Waals surface area (Å²) in [5, 5.41) is 9.41. The summed E-state index contributed by atoms with van der Waals surface area (Å²) in [5.74, 6) is -0.0568. The number of aromatic hydroxyl groups is 1. The van der Waals surface area contributed by atoms with Gasteiger partial charge in [0.25, 0.3) is 0 Å². The Morgan fingerprint density at radius 1 is 1.23 bits per heavy atom. The summed E-state index contributed by atoms with van der Waals surface area (Å²) in [6.07, 6.45) is 0. The Morgan fingerprint density at radius 3 is 2.23 bits per heavy atom. The van der Waals surface area contributed by atoms with Crippen molar-refractivity contribution in [2.75, 3.05) is 21.1 Å². The largest absolute Gasteiger partial charge is 0.507 e. The van der Waals surface area contributed by atoms with Gasteiger partial charge >= 0.3 is 5.91 Å². The lowest BCUT2D eigenvalue weighted by atomic mass is 10.1. The molecule has 1 rings (SSSR count). The fraction of sp³-hybridized carbons (Fsp3) is 0.300. The van der Waals surface area contributed by atoms with E-state index in [2.05, 4.69) is 0 Å². The molecule has 0 aliphatic carbocycles. The highest BCUT2D eigenvalue weighted by molar-refractivity contribution is 5.91. The summed E-state index contributed by atoms with van der Waals surface area (Å²) >= 11 is 0. The first-order chi connectivity index (χ1) is 5.93. The van der Waals surface area contributed by atoms with Crippen LogP contribution in [0.25, 0.3) is 0 Å². The van der Waals surface area contributed by atoms with Gasteiger partial charge in [0, 0.05) is 0 Å². The molecule has 0 bridgehead atoms. The lowest BCUT2D eigenvalue weighted by molar-refractivity contribution is -0.785. The van der Waals surface area contributed by atoms with Crippen LogP contribution in [0.4, 0.5) is 0 Å². The van der Waals surface area contributed by atoms with Gasteiger partial charge in [-0.2, -0.15) is 0 Å². The fourth-order valence-electron chi connectivity index (χ4n) is 1.02. The number of phenolic OH excluding ortho intramolecular Hbond substituents is 1. The quantitative estimate of drug-likeness (QED) is 0.660. The first kappa shape index (κ1) is 9.74. The van der Waals surface area contributed by atoms with E-state index in [4.69, 9.17) is 0 Å². The summed E-state index contributed by atoms with van der Waals surface area (Å²) < 4.78 is 0.178. The molecule has 1 aromatic carbocycles. The molecule has 0 aromatic heterocycles. The average Bonchev–Trinajstić information content (AvgIpc) is 2.02. The molecular formula is C10H14NO2+. The Labute approximate surface area is 77.8 Å². The molecule has 3 heteroatoms. The normalized spacial score (nSPS) is 11.3. The van der Waals surface area contributed by atoms with Gasteiger partial charge in [-0.1, -0.05) is 12.1 Å². The smallest absolute Gasteiger partial charge is 0.349 e. The Hall–Kier alpha value is -1.35. The van der Waals surface area contributed by atoms with Gasteiger partial charge in [-0.15, -0.1) is 0 Å². The van der Waals surface area contributed by atoms with Crippen molar-refractivity contribution in [3.05, 3.63) is 29.8 Å². The second-order valence-corrected chi connectivity index (χ2v) is 3.83. The molecule has 0 aliphatic heterocycles. The molecule has 0 aliphatic rings. The monoisotopic (exact) mass is 180 g/mol. The molecule has 0 radical (unpaired) electrons. The van der Waals surface area contributed by atoms with Crippen LogP contribution in [-0.4, -0.2) is 36.6 Å². The Morgan fingerprint density at radius 2 is 1.77 bits per heavy atom. The molecule has 0 saturated heterocycles. The van der Waals surface area contributed by atoms with Crippen LogP contribution in [0.2, 0.25) is 0 Å². The predicted molar refractivity (Wildman–Crippen MR) is 50.5 cm³/mol. The maximum absolute atomic E-state index is 11.7. The van der Waals surface area contributed by atoms with Gasteiger partial charge in [0.15, 0.2) is 0 Å². The highest BCUT2D eigenvalue weighted by Gasteiger charge is 2.24. The van der Waals surface area contributed by atoms with Crippen molar-refractivity contribution >= 4 is 5.91 Å². The van der Waals surface area contributed by atoms with Gasteiger partial charge in [-0.05, 0) is 12.1 Å². The van der Waals surface area contributed by atoms with Crippen molar-refractivity contribution in [1.82, 2.24) is 0 Å². The van der Waals surface area contributed by atoms with Crippen molar-refractivity contribution in [3.8, 4) is 5.75 Å². The number of benzene rings is 1. The number of hydrogen-bond acceptors (Lipinski definition) is 2. The van der Waals surface area contributed by atoms with E-state index in [0.717, 1.165) is 0 Å². The van der Waals surface area contributed by atoms with Gasteiger partial charge in [-0.25, -0.2) is 4.79 Å². The van der Waals surface area contributed by atoms with Gasteiger partial charge in [0.1, 0.15) is 11.3 Å². The minimum Gasteiger partial charge on any atom is -0.507 e. The molecule has 1 aromatic rings. The summed E-state index contributed by atoms with van der Waals surface area (Å²) in [6, 6.07) is 6.58. The van der Waals surface area contributed by atoms with E-state index in [9.17, 15) is 9.90 Å². The lowest BCUT2D eigenvalue weighted by Crippen LogP contribution is -2.41. The molecule has 3 nitrogen and oxygen atoms in total. The Bertz CT molecular complexity index is 326. The number of carbonyl (C=O) groups excluding carboxylic acids is 1. The maximum atomic E-state index is 11.7. The van der Waals surface area contributed by atoms with E-state index in [-0.39, 0.29) is 16.1 Å². The number of carbonyl (C=O) groups is 1. The minimum absolute atomic E-state index is 0.0422. The van der Waals surface area contributed by atoms with E-state index < -0.39 is 0 Å². The van der Waals surface area contributed by atoms with Crippen LogP contribution in [0, 0.1) is 0 Å². The maximum Gasteiger partial charge on any atom is 0.349 e. The van der Waals surface area contributed by atoms with Crippen LogP contribution in [-0.2, 0) is 0 Å². The van der Waals surface area contributed by atoms with E-state index in [1.807, 2.05) is 0 Å². The summed E-state index contributed by atoms with van der Waals surface area (Å²) in [6.45, 7) is 0. The van der Waals surface area contributed by atoms with Gasteiger partial charge in [0.05, 0.1) is 21.1 Å². The first-order valence-electron chi connectivity index (χ1n) is 4.07. The van der Waals surface area contributed by atoms with Crippen molar-refractivity contribution in [2.24, 2.45) is 0 Å². The van der Waals surface area contributed by atoms with Crippen molar-refractivity contribution in [3.63, 3.8) is 0 Å². The topological polar surface area (TPSA) is 37.3 Å². The summed E-state index contributed by atoms with van der Waals surface area (Å²) in [5.41, 5.74) is 0.370. The third-order valence-corrected chi connectivity index (χ3v) is 1.74. The molecule has 1 amide bonds. The Kier molecular flexibility index (Phi) is 2.38. The number of phenols is 1. The Balaban J connectivity index is 3.10. The zero-order valence-corrected chi connectivity index (χ0v) is 8.11. The minimum atomic E-state index is -0.0990. The average molecular weight is 180 g/mol. The van der Waals surface area contributed by atoms with E-state index >= 15 is 0 Å². The lowest BCUT2D eigenvalue weighted by Gasteiger charge is -2.20. The van der Waals surface area contributed by atoms with Crippen molar-refractivity contribution in [2.45, 2.75) is 0 Å². The fourth-order valence-corrected chi connectivity index (χ4v) is 1.02. The summed E-state index contributed by atoms with van der Waals surface area (Å²) in [4.78, 5) is 11.7. The molecule has 0 saturated carbocycles. The van der Waals surface area contributed by atoms with Crippen molar-refractivity contribution in [1.29, 1.82) is 0 Å². The number of rotatable bonds is 1. The molecule has 13 heavy (non-hydrogen) atoms. The van der Waals surface area contributed by atoms with Crippen LogP contribution in [0.5, 0.6) is 5.75 Å². The third-order valence-electron chi connectivity index (χ3n) is 1.74. The van der Waals surface area contributed by atoms with E-state index in [0.29, 0.717) is 5.56 Å². The number of para-hydroxylation sites is 1. The molecule has 0 heterocycles. The van der Waals surface area contributed by atoms with Gasteiger partial charge in [-0.3, -0.25) is 4.48 Å². The predicted octanol–water partition coefficient (Wildman–Crippen LogP) is 1.24. The summed E-state index contributed by atoms with van der Waals surface area (Å²) in [7, 11) is 5.32. The molecule has 0 unspecified atom stereocenters. The molecule has 0 atom stereocenters. The number of hydrogen-bond donors (Lipinski definition) is 1. The third kappa shape index (κ3) is 2.06. The zero-order chi connectivity index (χ0) is 10.1. The SMILES string of the molecule is C[N+](C)(C)C(=O)c1ccccc1O. The molecule has 70 valence electrons. The number of amides is 1. The molecule has 0 fully saturated rings. The standard InChI is InChI=1S/C10H13NO2/c1-11(2,3)10(13)8-6-4-5-7-9(8)12/h4-7H,1-3H3/p+1. The van der Waals surface area contributed by atoms with Crippen LogP contribution in [0.15, 0.2) is 24.3 Å². The van der Waals surface area contributed by atoms with Crippen molar-refractivity contribution < 1.29 is 14.4 Å². The first-order valence-corrected chi connectivity index (χ1v) is 4.07. The van der Waals surface area contributed by atoms with Gasteiger partial charge < -0.3 is 5.11 Å². The zero-order valence-electron chi connectivity index (χ0n) is 8.11. The van der Waals surface area contributed by atoms with Crippen LogP contribution in [0.1, 0.15) is 10.4 Å². The molecule has 0 spiro atoms. The van der Waals surface area contributed by atoms with E-state index in [1.54, 1.807) is 39.3 Å². The number of nitrogens with zero attached hydrogens (tertiary/aromatic N) is 1. The molecular weight excluding hydrogens is 166 g/mol. The van der Waals surface area contributed by atoms with Crippen LogP contribution in [0.3, 0.4) is 0 Å². The molecule has 1 N–H and O–H groups in total. The second kappa shape index (κ2) is 3.18. The van der Waals surface area contributed by atoms with Gasteiger partial charge in [0.2, 0.25) is 0 Å². The van der Waals surface area contributed by atoms with Crippen LogP contribution >= 0.6 is 0 Å². The second-order valence-electron chi connectivity index (χ2n) is 3.83. The van der Waals surface area contributed by atoms with Crippen LogP contribution < -0.4 is 0 Å². The van der Waals surface area contributed by atoms with E-state index in [1.165, 1.54) is 6.07 Å². The highest BCUT2D eigenvalue weighted by Crippen LogP contribution is 2.18. The highest BCUT2D eigenvalue weighted by atomic mass is 16.3.